The molecule has 6 heteroatoms. The Kier molecular flexibility index (Phi) is 5.57. The number of nitrogens with one attached hydrogen (secondary N) is 1. The van der Waals surface area contributed by atoms with E-state index in [4.69, 9.17) is 0 Å². The van der Waals surface area contributed by atoms with Gasteiger partial charge in [0, 0.05) is 24.6 Å². The van der Waals surface area contributed by atoms with Gasteiger partial charge < -0.3 is 5.32 Å². The van der Waals surface area contributed by atoms with Crippen LogP contribution in [0.25, 0.3) is 0 Å². The van der Waals surface area contributed by atoms with Crippen LogP contribution in [0.15, 0.2) is 27.1 Å². The summed E-state index contributed by atoms with van der Waals surface area (Å²) in [5.41, 5.74) is 2.69. The number of likely N-dealkylation sites (N-methyl/N-ethyl adjacent to an activating group) is 1. The van der Waals surface area contributed by atoms with Crippen molar-refractivity contribution < 1.29 is 4.39 Å². The zero-order chi connectivity index (χ0) is 15.6. The van der Waals surface area contributed by atoms with Crippen LogP contribution in [0.4, 0.5) is 4.39 Å². The van der Waals surface area contributed by atoms with Crippen molar-refractivity contribution >= 4 is 31.9 Å². The first-order valence-electron chi connectivity index (χ1n) is 6.82. The Hall–Kier alpha value is -0.720. The fourth-order valence-electron chi connectivity index (χ4n) is 2.41. The molecule has 0 fully saturated rings. The van der Waals surface area contributed by atoms with E-state index in [0.29, 0.717) is 16.5 Å². The van der Waals surface area contributed by atoms with Crippen LogP contribution in [0.2, 0.25) is 0 Å². The SMILES string of the molecule is CCn1nc(C)c(Br)c1CC(NC)c1cccc(Br)c1F. The van der Waals surface area contributed by atoms with Crippen LogP contribution in [-0.2, 0) is 13.0 Å². The number of rotatable bonds is 5. The number of nitrogens with zero attached hydrogens (tertiary/aromatic N) is 2. The topological polar surface area (TPSA) is 29.9 Å². The molecular formula is C15H18Br2FN3. The molecular weight excluding hydrogens is 401 g/mol. The molecule has 0 spiro atoms. The van der Waals surface area contributed by atoms with Gasteiger partial charge in [0.15, 0.2) is 0 Å². The molecule has 1 aromatic heterocycles. The Morgan fingerprint density at radius 1 is 1.38 bits per heavy atom. The summed E-state index contributed by atoms with van der Waals surface area (Å²) in [6.45, 7) is 4.81. The third kappa shape index (κ3) is 3.38. The highest BCUT2D eigenvalue weighted by molar-refractivity contribution is 9.10. The predicted octanol–water partition coefficient (Wildman–Crippen LogP) is 4.38. The van der Waals surface area contributed by atoms with Crippen LogP contribution < -0.4 is 5.32 Å². The lowest BCUT2D eigenvalue weighted by Crippen LogP contribution is -2.22. The molecule has 21 heavy (non-hydrogen) atoms. The van der Waals surface area contributed by atoms with E-state index in [9.17, 15) is 4.39 Å². The first-order valence-corrected chi connectivity index (χ1v) is 8.41. The number of aromatic nitrogens is 2. The maximum Gasteiger partial charge on any atom is 0.142 e. The van der Waals surface area contributed by atoms with Crippen LogP contribution in [-0.4, -0.2) is 16.8 Å². The van der Waals surface area contributed by atoms with Gasteiger partial charge in [0.1, 0.15) is 5.82 Å². The highest BCUT2D eigenvalue weighted by Gasteiger charge is 2.21. The molecule has 0 aliphatic carbocycles. The Labute approximate surface area is 141 Å². The van der Waals surface area contributed by atoms with E-state index in [1.807, 2.05) is 30.8 Å². The number of benzene rings is 1. The van der Waals surface area contributed by atoms with Crippen molar-refractivity contribution in [2.75, 3.05) is 7.05 Å². The summed E-state index contributed by atoms with van der Waals surface area (Å²) in [6, 6.07) is 5.26. The molecule has 0 saturated heterocycles. The molecule has 1 aromatic carbocycles. The van der Waals surface area contributed by atoms with Crippen molar-refractivity contribution in [3.05, 3.63) is 49.9 Å². The third-order valence-electron chi connectivity index (χ3n) is 3.56. The lowest BCUT2D eigenvalue weighted by atomic mass is 10.0. The minimum atomic E-state index is -0.216. The summed E-state index contributed by atoms with van der Waals surface area (Å²) in [4.78, 5) is 0. The summed E-state index contributed by atoms with van der Waals surface area (Å²) in [5, 5.41) is 7.69. The zero-order valence-electron chi connectivity index (χ0n) is 12.3. The molecule has 0 amide bonds. The third-order valence-corrected chi connectivity index (χ3v) is 5.20. The van der Waals surface area contributed by atoms with Crippen molar-refractivity contribution in [2.24, 2.45) is 0 Å². The quantitative estimate of drug-likeness (QED) is 0.780. The second-order valence-corrected chi connectivity index (χ2v) is 6.50. The maximum atomic E-state index is 14.3. The van der Waals surface area contributed by atoms with E-state index in [-0.39, 0.29) is 11.9 Å². The standard InChI is InChI=1S/C15H18Br2FN3/c1-4-21-13(14(17)9(2)20-21)8-12(19-3)10-6-5-7-11(16)15(10)18/h5-7,12,19H,4,8H2,1-3H3. The number of hydrogen-bond acceptors (Lipinski definition) is 2. The van der Waals surface area contributed by atoms with Gasteiger partial charge in [0.25, 0.3) is 0 Å². The Morgan fingerprint density at radius 2 is 2.10 bits per heavy atom. The number of hydrogen-bond donors (Lipinski definition) is 1. The molecule has 0 saturated carbocycles. The van der Waals surface area contributed by atoms with Crippen LogP contribution in [0.3, 0.4) is 0 Å². The smallest absolute Gasteiger partial charge is 0.142 e. The highest BCUT2D eigenvalue weighted by Crippen LogP contribution is 2.29. The van der Waals surface area contributed by atoms with Crippen LogP contribution in [0.1, 0.15) is 29.9 Å². The van der Waals surface area contributed by atoms with E-state index < -0.39 is 0 Å². The molecule has 1 unspecified atom stereocenters. The average Bonchev–Trinajstić information content (AvgIpc) is 2.75. The Balaban J connectivity index is 2.38. The van der Waals surface area contributed by atoms with E-state index in [2.05, 4.69) is 49.2 Å². The van der Waals surface area contributed by atoms with E-state index >= 15 is 0 Å². The molecule has 0 bridgehead atoms. The van der Waals surface area contributed by atoms with Crippen LogP contribution in [0, 0.1) is 12.7 Å². The van der Waals surface area contributed by atoms with E-state index in [1.54, 1.807) is 6.07 Å². The van der Waals surface area contributed by atoms with Gasteiger partial charge in [0.2, 0.25) is 0 Å². The van der Waals surface area contributed by atoms with Crippen molar-refractivity contribution in [3.8, 4) is 0 Å². The first-order chi connectivity index (χ1) is 9.99. The van der Waals surface area contributed by atoms with Crippen molar-refractivity contribution in [1.29, 1.82) is 0 Å². The number of aryl methyl sites for hydroxylation is 2. The average molecular weight is 419 g/mol. The fraction of sp³-hybridized carbons (Fsp3) is 0.400. The minimum Gasteiger partial charge on any atom is -0.313 e. The molecule has 1 N–H and O–H groups in total. The molecule has 1 atom stereocenters. The van der Waals surface area contributed by atoms with Crippen LogP contribution >= 0.6 is 31.9 Å². The number of halogens is 3. The van der Waals surface area contributed by atoms with Gasteiger partial charge in [-0.15, -0.1) is 0 Å². The van der Waals surface area contributed by atoms with Gasteiger partial charge in [-0.2, -0.15) is 5.10 Å². The molecule has 3 nitrogen and oxygen atoms in total. The molecule has 0 aliphatic rings. The summed E-state index contributed by atoms with van der Waals surface area (Å²) in [7, 11) is 1.85. The van der Waals surface area contributed by atoms with Gasteiger partial charge in [-0.25, -0.2) is 4.39 Å². The molecule has 2 aromatic rings. The van der Waals surface area contributed by atoms with Crippen molar-refractivity contribution in [1.82, 2.24) is 15.1 Å². The highest BCUT2D eigenvalue weighted by atomic mass is 79.9. The van der Waals surface area contributed by atoms with E-state index in [1.165, 1.54) is 0 Å². The Bertz CT molecular complexity index is 640. The summed E-state index contributed by atoms with van der Waals surface area (Å²) < 4.78 is 17.8. The van der Waals surface area contributed by atoms with E-state index in [0.717, 1.165) is 22.4 Å². The monoisotopic (exact) mass is 417 g/mol. The fourth-order valence-corrected chi connectivity index (χ4v) is 3.24. The summed E-state index contributed by atoms with van der Waals surface area (Å²) in [5.74, 6) is -0.216. The van der Waals surface area contributed by atoms with Crippen molar-refractivity contribution in [3.63, 3.8) is 0 Å². The predicted molar refractivity (Wildman–Crippen MR) is 89.9 cm³/mol. The molecule has 0 aliphatic heterocycles. The first kappa shape index (κ1) is 16.6. The van der Waals surface area contributed by atoms with Crippen LogP contribution in [0.5, 0.6) is 0 Å². The largest absolute Gasteiger partial charge is 0.313 e. The normalized spacial score (nSPS) is 12.7. The molecule has 2 rings (SSSR count). The van der Waals surface area contributed by atoms with Gasteiger partial charge in [-0.3, -0.25) is 4.68 Å². The second-order valence-electron chi connectivity index (χ2n) is 4.85. The molecule has 0 radical (unpaired) electrons. The van der Waals surface area contributed by atoms with Gasteiger partial charge in [-0.05, 0) is 58.8 Å². The lowest BCUT2D eigenvalue weighted by Gasteiger charge is -2.19. The van der Waals surface area contributed by atoms with Gasteiger partial charge in [0.05, 0.1) is 20.3 Å². The van der Waals surface area contributed by atoms with Gasteiger partial charge >= 0.3 is 0 Å². The van der Waals surface area contributed by atoms with Gasteiger partial charge in [-0.1, -0.05) is 12.1 Å². The second kappa shape index (κ2) is 7.03. The zero-order valence-corrected chi connectivity index (χ0v) is 15.4. The lowest BCUT2D eigenvalue weighted by molar-refractivity contribution is 0.507. The molecule has 1 heterocycles. The summed E-state index contributed by atoms with van der Waals surface area (Å²) >= 11 is 6.84. The molecule has 114 valence electrons. The van der Waals surface area contributed by atoms with Crippen molar-refractivity contribution in [2.45, 2.75) is 32.9 Å². The minimum absolute atomic E-state index is 0.111. The maximum absolute atomic E-state index is 14.3. The summed E-state index contributed by atoms with van der Waals surface area (Å²) in [6.07, 6.45) is 0.666. The Morgan fingerprint density at radius 3 is 2.71 bits per heavy atom.